The molecule has 1 rings (SSSR count). The Hall–Kier alpha value is -1.35. The zero-order chi connectivity index (χ0) is 15.3. The fourth-order valence-corrected chi connectivity index (χ4v) is 2.41. The molecule has 3 heteroatoms. The Labute approximate surface area is 129 Å². The van der Waals surface area contributed by atoms with Gasteiger partial charge in [-0.1, -0.05) is 43.2 Å². The number of rotatable bonds is 11. The molecule has 0 aliphatic heterocycles. The van der Waals surface area contributed by atoms with Gasteiger partial charge in [0.2, 0.25) is 5.91 Å². The lowest BCUT2D eigenvalue weighted by Gasteiger charge is -2.17. The molecular weight excluding hydrogens is 260 g/mol. The van der Waals surface area contributed by atoms with E-state index in [1.54, 1.807) is 0 Å². The van der Waals surface area contributed by atoms with E-state index in [4.69, 9.17) is 5.73 Å². The maximum absolute atomic E-state index is 11.9. The summed E-state index contributed by atoms with van der Waals surface area (Å²) in [5.74, 6) is 0.280. The van der Waals surface area contributed by atoms with Crippen molar-refractivity contribution in [1.29, 1.82) is 0 Å². The Morgan fingerprint density at radius 2 is 1.71 bits per heavy atom. The molecule has 2 N–H and O–H groups in total. The lowest BCUT2D eigenvalue weighted by atomic mass is 10.1. The number of nitrogens with two attached hydrogens (primary N) is 1. The van der Waals surface area contributed by atoms with Gasteiger partial charge in [-0.15, -0.1) is 0 Å². The fraction of sp³-hybridized carbons (Fsp3) is 0.611. The van der Waals surface area contributed by atoms with Crippen molar-refractivity contribution in [3.05, 3.63) is 35.9 Å². The molecule has 0 aromatic heterocycles. The number of hydrogen-bond acceptors (Lipinski definition) is 2. The van der Waals surface area contributed by atoms with Gasteiger partial charge in [0.25, 0.3) is 0 Å². The molecule has 1 aromatic rings. The number of nitrogens with zero attached hydrogens (tertiary/aromatic N) is 1. The average Bonchev–Trinajstić information content (AvgIpc) is 2.52. The van der Waals surface area contributed by atoms with Crippen molar-refractivity contribution in [2.45, 2.75) is 51.4 Å². The van der Waals surface area contributed by atoms with Crippen molar-refractivity contribution in [1.82, 2.24) is 4.90 Å². The van der Waals surface area contributed by atoms with Gasteiger partial charge in [-0.2, -0.15) is 0 Å². The smallest absolute Gasteiger partial charge is 0.222 e. The zero-order valence-corrected chi connectivity index (χ0v) is 13.4. The second-order valence-corrected chi connectivity index (χ2v) is 5.71. The van der Waals surface area contributed by atoms with E-state index in [-0.39, 0.29) is 5.91 Å². The first-order valence-corrected chi connectivity index (χ1v) is 8.22. The van der Waals surface area contributed by atoms with Gasteiger partial charge in [-0.05, 0) is 44.2 Å². The molecule has 0 radical (unpaired) electrons. The molecule has 21 heavy (non-hydrogen) atoms. The van der Waals surface area contributed by atoms with E-state index in [1.807, 2.05) is 18.0 Å². The third-order valence-corrected chi connectivity index (χ3v) is 3.82. The summed E-state index contributed by atoms with van der Waals surface area (Å²) >= 11 is 0. The highest BCUT2D eigenvalue weighted by Gasteiger charge is 2.07. The van der Waals surface area contributed by atoms with Crippen LogP contribution in [0.2, 0.25) is 0 Å². The molecule has 118 valence electrons. The van der Waals surface area contributed by atoms with Gasteiger partial charge in [0.15, 0.2) is 0 Å². The van der Waals surface area contributed by atoms with E-state index in [1.165, 1.54) is 5.56 Å². The quantitative estimate of drug-likeness (QED) is 0.635. The molecule has 1 aromatic carbocycles. The van der Waals surface area contributed by atoms with Crippen LogP contribution in [0.25, 0.3) is 0 Å². The number of carbonyl (C=O) groups excluding carboxylic acids is 1. The highest BCUT2D eigenvalue weighted by molar-refractivity contribution is 5.75. The Morgan fingerprint density at radius 3 is 2.43 bits per heavy atom. The van der Waals surface area contributed by atoms with E-state index < -0.39 is 0 Å². The molecule has 0 aliphatic rings. The van der Waals surface area contributed by atoms with Gasteiger partial charge in [0, 0.05) is 20.0 Å². The maximum Gasteiger partial charge on any atom is 0.222 e. The number of unbranched alkanes of at least 4 members (excludes halogenated alkanes) is 4. The predicted molar refractivity (Wildman–Crippen MR) is 89.2 cm³/mol. The number of aryl methyl sites for hydroxylation is 1. The van der Waals surface area contributed by atoms with Crippen molar-refractivity contribution in [3.8, 4) is 0 Å². The van der Waals surface area contributed by atoms with Crippen LogP contribution in [0.3, 0.4) is 0 Å². The Kier molecular flexibility index (Phi) is 9.55. The largest absolute Gasteiger partial charge is 0.346 e. The summed E-state index contributed by atoms with van der Waals surface area (Å²) in [6.45, 7) is 1.63. The standard InChI is InChI=1S/C18H30N2O/c1-20(18(21)14-7-2-3-9-15-19)16-10-8-13-17-11-5-4-6-12-17/h4-6,11-12H,2-3,7-10,13-16,19H2,1H3. The van der Waals surface area contributed by atoms with Crippen LogP contribution in [0.15, 0.2) is 30.3 Å². The summed E-state index contributed by atoms with van der Waals surface area (Å²) in [7, 11) is 1.92. The molecule has 3 nitrogen and oxygen atoms in total. The van der Waals surface area contributed by atoms with Crippen molar-refractivity contribution < 1.29 is 4.79 Å². The van der Waals surface area contributed by atoms with Crippen LogP contribution in [0, 0.1) is 0 Å². The Bertz CT molecular complexity index is 378. The first-order chi connectivity index (χ1) is 10.2. The van der Waals surface area contributed by atoms with Crippen molar-refractivity contribution in [2.24, 2.45) is 5.73 Å². The molecule has 0 heterocycles. The molecule has 0 atom stereocenters. The van der Waals surface area contributed by atoms with E-state index >= 15 is 0 Å². The van der Waals surface area contributed by atoms with E-state index in [9.17, 15) is 4.79 Å². The first-order valence-electron chi connectivity index (χ1n) is 8.22. The minimum absolute atomic E-state index is 0.280. The Morgan fingerprint density at radius 1 is 1.00 bits per heavy atom. The summed E-state index contributed by atoms with van der Waals surface area (Å²) in [4.78, 5) is 13.8. The molecule has 0 saturated carbocycles. The van der Waals surface area contributed by atoms with Crippen molar-refractivity contribution >= 4 is 5.91 Å². The van der Waals surface area contributed by atoms with Crippen molar-refractivity contribution in [3.63, 3.8) is 0 Å². The van der Waals surface area contributed by atoms with Crippen LogP contribution >= 0.6 is 0 Å². The monoisotopic (exact) mass is 290 g/mol. The van der Waals surface area contributed by atoms with Gasteiger partial charge in [0.05, 0.1) is 0 Å². The van der Waals surface area contributed by atoms with Crippen LogP contribution in [0.4, 0.5) is 0 Å². The van der Waals surface area contributed by atoms with Gasteiger partial charge in [-0.25, -0.2) is 0 Å². The van der Waals surface area contributed by atoms with Crippen molar-refractivity contribution in [2.75, 3.05) is 20.1 Å². The van der Waals surface area contributed by atoms with Gasteiger partial charge in [0.1, 0.15) is 0 Å². The van der Waals surface area contributed by atoms with E-state index in [0.717, 1.165) is 58.0 Å². The van der Waals surface area contributed by atoms with Crippen LogP contribution in [-0.2, 0) is 11.2 Å². The summed E-state index contributed by atoms with van der Waals surface area (Å²) in [5, 5.41) is 0. The third-order valence-electron chi connectivity index (χ3n) is 3.82. The average molecular weight is 290 g/mol. The minimum atomic E-state index is 0.280. The fourth-order valence-electron chi connectivity index (χ4n) is 2.41. The molecule has 0 fully saturated rings. The maximum atomic E-state index is 11.9. The first kappa shape index (κ1) is 17.7. The molecule has 0 bridgehead atoms. The van der Waals surface area contributed by atoms with Crippen LogP contribution < -0.4 is 5.73 Å². The number of hydrogen-bond donors (Lipinski definition) is 1. The SMILES string of the molecule is CN(CCCCc1ccccc1)C(=O)CCCCCCN. The van der Waals surface area contributed by atoms with Crippen LogP contribution in [-0.4, -0.2) is 30.9 Å². The molecule has 1 amide bonds. The lowest BCUT2D eigenvalue weighted by molar-refractivity contribution is -0.130. The molecule has 0 spiro atoms. The van der Waals surface area contributed by atoms with Gasteiger partial charge in [-0.3, -0.25) is 4.79 Å². The molecular formula is C18H30N2O. The van der Waals surface area contributed by atoms with E-state index in [2.05, 4.69) is 24.3 Å². The normalized spacial score (nSPS) is 10.6. The predicted octanol–water partition coefficient (Wildman–Crippen LogP) is 3.38. The second-order valence-electron chi connectivity index (χ2n) is 5.71. The molecule has 0 saturated heterocycles. The lowest BCUT2D eigenvalue weighted by Crippen LogP contribution is -2.27. The van der Waals surface area contributed by atoms with E-state index in [0.29, 0.717) is 6.42 Å². The number of carbonyl (C=O) groups is 1. The zero-order valence-electron chi connectivity index (χ0n) is 13.4. The summed E-state index contributed by atoms with van der Waals surface area (Å²) in [6, 6.07) is 10.5. The second kappa shape index (κ2) is 11.3. The van der Waals surface area contributed by atoms with Gasteiger partial charge < -0.3 is 10.6 Å². The minimum Gasteiger partial charge on any atom is -0.346 e. The van der Waals surface area contributed by atoms with Crippen LogP contribution in [0.1, 0.15) is 50.5 Å². The third kappa shape index (κ3) is 8.51. The summed E-state index contributed by atoms with van der Waals surface area (Å²) in [5.41, 5.74) is 6.83. The van der Waals surface area contributed by atoms with Gasteiger partial charge >= 0.3 is 0 Å². The summed E-state index contributed by atoms with van der Waals surface area (Å²) < 4.78 is 0. The highest BCUT2D eigenvalue weighted by atomic mass is 16.2. The highest BCUT2D eigenvalue weighted by Crippen LogP contribution is 2.07. The topological polar surface area (TPSA) is 46.3 Å². The van der Waals surface area contributed by atoms with Crippen LogP contribution in [0.5, 0.6) is 0 Å². The molecule has 0 unspecified atom stereocenters. The molecule has 0 aliphatic carbocycles. The summed E-state index contributed by atoms with van der Waals surface area (Å²) in [6.07, 6.45) is 8.32. The number of amides is 1. The Balaban J connectivity index is 2.04. The number of benzene rings is 1.